The molecule has 0 radical (unpaired) electrons. The number of ether oxygens (including phenoxy) is 1. The fourth-order valence-electron chi connectivity index (χ4n) is 1.95. The minimum atomic E-state index is -3.55. The smallest absolute Gasteiger partial charge is 0.253 e. The molecule has 0 amide bonds. The van der Waals surface area contributed by atoms with Gasteiger partial charge >= 0.3 is 0 Å². The molecule has 1 aromatic carbocycles. The van der Waals surface area contributed by atoms with Gasteiger partial charge in [0, 0.05) is 18.3 Å². The van der Waals surface area contributed by atoms with Crippen LogP contribution in [0.5, 0.6) is 5.75 Å². The summed E-state index contributed by atoms with van der Waals surface area (Å²) in [6.45, 7) is 3.31. The zero-order valence-corrected chi connectivity index (χ0v) is 13.5. The van der Waals surface area contributed by atoms with Crippen LogP contribution in [0, 0.1) is 11.8 Å². The van der Waals surface area contributed by atoms with Gasteiger partial charge in [-0.05, 0) is 37.6 Å². The van der Waals surface area contributed by atoms with E-state index in [1.54, 1.807) is 24.1 Å². The monoisotopic (exact) mass is 326 g/mol. The van der Waals surface area contributed by atoms with Crippen LogP contribution in [0.3, 0.4) is 0 Å². The minimum Gasteiger partial charge on any atom is -0.481 e. The largest absolute Gasteiger partial charge is 0.481 e. The molecule has 0 spiro atoms. The number of thiol groups is 1. The predicted molar refractivity (Wildman–Crippen MR) is 84.7 cm³/mol. The zero-order chi connectivity index (χ0) is 15.3. The van der Waals surface area contributed by atoms with E-state index in [2.05, 4.69) is 29.3 Å². The predicted octanol–water partition coefficient (Wildman–Crippen LogP) is 1.29. The summed E-state index contributed by atoms with van der Waals surface area (Å²) in [5, 5.41) is 1.89. The van der Waals surface area contributed by atoms with Crippen molar-refractivity contribution in [3.05, 3.63) is 24.3 Å². The average Bonchev–Trinajstić information content (AvgIpc) is 2.84. The zero-order valence-electron chi connectivity index (χ0n) is 11.7. The second-order valence-corrected chi connectivity index (χ2v) is 7.06. The molecule has 1 aliphatic heterocycles. The molecular weight excluding hydrogens is 308 g/mol. The molecule has 0 unspecified atom stereocenters. The van der Waals surface area contributed by atoms with E-state index in [-0.39, 0.29) is 16.8 Å². The van der Waals surface area contributed by atoms with Crippen LogP contribution in [0.15, 0.2) is 29.2 Å². The highest BCUT2D eigenvalue weighted by atomic mass is 32.2. The van der Waals surface area contributed by atoms with E-state index < -0.39 is 10.0 Å². The van der Waals surface area contributed by atoms with Crippen LogP contribution < -0.4 is 9.57 Å². The Kier molecular flexibility index (Phi) is 5.53. The summed E-state index contributed by atoms with van der Waals surface area (Å²) >= 11 is 4.34. The van der Waals surface area contributed by atoms with Crippen LogP contribution in [-0.4, -0.2) is 38.4 Å². The molecule has 0 aliphatic carbocycles. The first-order valence-electron chi connectivity index (χ1n) is 6.59. The molecule has 1 saturated heterocycles. The molecule has 0 saturated carbocycles. The molecule has 0 aromatic heterocycles. The summed E-state index contributed by atoms with van der Waals surface area (Å²) in [6.07, 6.45) is 0.872. The molecule has 0 bridgehead atoms. The summed E-state index contributed by atoms with van der Waals surface area (Å²) in [4.78, 5) is 2.77. The highest BCUT2D eigenvalue weighted by molar-refractivity contribution is 7.89. The first kappa shape index (κ1) is 16.2. The van der Waals surface area contributed by atoms with Crippen LogP contribution in [-0.2, 0) is 10.0 Å². The molecule has 1 aromatic rings. The minimum absolute atomic E-state index is 0.207. The van der Waals surface area contributed by atoms with E-state index >= 15 is 0 Å². The summed E-state index contributed by atoms with van der Waals surface area (Å²) in [5.74, 6) is 6.09. The van der Waals surface area contributed by atoms with Gasteiger partial charge in [0.15, 0.2) is 0 Å². The van der Waals surface area contributed by atoms with Crippen molar-refractivity contribution in [2.24, 2.45) is 0 Å². The Hall–Kier alpha value is -1.20. The first-order valence-corrected chi connectivity index (χ1v) is 8.59. The van der Waals surface area contributed by atoms with Gasteiger partial charge in [-0.3, -0.25) is 0 Å². The molecule has 114 valence electrons. The first-order chi connectivity index (χ1) is 10.0. The van der Waals surface area contributed by atoms with E-state index in [9.17, 15) is 8.42 Å². The van der Waals surface area contributed by atoms with Crippen LogP contribution in [0.2, 0.25) is 0 Å². The summed E-state index contributed by atoms with van der Waals surface area (Å²) < 4.78 is 29.8. The van der Waals surface area contributed by atoms with Gasteiger partial charge < -0.3 is 4.74 Å². The maximum atomic E-state index is 12.2. The number of sulfonamides is 1. The Morgan fingerprint density at radius 1 is 1.43 bits per heavy atom. The molecule has 1 fully saturated rings. The van der Waals surface area contributed by atoms with Gasteiger partial charge in [0.05, 0.1) is 4.90 Å². The van der Waals surface area contributed by atoms with Gasteiger partial charge in [0.1, 0.15) is 12.4 Å². The van der Waals surface area contributed by atoms with Crippen molar-refractivity contribution in [2.75, 3.05) is 19.7 Å². The van der Waals surface area contributed by atoms with Gasteiger partial charge in [-0.15, -0.1) is 10.8 Å². The number of rotatable bonds is 5. The molecule has 2 rings (SSSR count). The van der Waals surface area contributed by atoms with E-state index in [1.807, 2.05) is 0 Å². The lowest BCUT2D eigenvalue weighted by Gasteiger charge is -2.16. The number of benzene rings is 1. The SMILES string of the molecule is CC#CCOc1ccc(S(=O)(=O)NN2CC[C@@H](S)C2)cc1. The normalized spacial score (nSPS) is 19.0. The average molecular weight is 326 g/mol. The van der Waals surface area contributed by atoms with Gasteiger partial charge in [-0.25, -0.2) is 13.4 Å². The Morgan fingerprint density at radius 2 is 2.14 bits per heavy atom. The maximum absolute atomic E-state index is 12.2. The Balaban J connectivity index is 2.00. The van der Waals surface area contributed by atoms with Crippen LogP contribution in [0.4, 0.5) is 0 Å². The number of hydrazine groups is 1. The van der Waals surface area contributed by atoms with E-state index in [4.69, 9.17) is 4.74 Å². The van der Waals surface area contributed by atoms with Crippen LogP contribution in [0.1, 0.15) is 13.3 Å². The van der Waals surface area contributed by atoms with Crippen molar-refractivity contribution >= 4 is 22.7 Å². The third-order valence-corrected chi connectivity index (χ3v) is 4.85. The topological polar surface area (TPSA) is 58.6 Å². The third-order valence-electron chi connectivity index (χ3n) is 3.03. The quantitative estimate of drug-likeness (QED) is 0.632. The number of nitrogens with one attached hydrogen (secondary N) is 1. The summed E-state index contributed by atoms with van der Waals surface area (Å²) in [6, 6.07) is 6.28. The summed E-state index contributed by atoms with van der Waals surface area (Å²) in [5.41, 5.74) is 0. The van der Waals surface area contributed by atoms with Crippen LogP contribution >= 0.6 is 12.6 Å². The van der Waals surface area contributed by atoms with E-state index in [0.717, 1.165) is 6.42 Å². The van der Waals surface area contributed by atoms with Crippen LogP contribution in [0.25, 0.3) is 0 Å². The second kappa shape index (κ2) is 7.18. The van der Waals surface area contributed by atoms with E-state index in [1.165, 1.54) is 12.1 Å². The molecule has 21 heavy (non-hydrogen) atoms. The molecule has 1 heterocycles. The van der Waals surface area contributed by atoms with Crippen molar-refractivity contribution in [3.8, 4) is 17.6 Å². The highest BCUT2D eigenvalue weighted by Crippen LogP contribution is 2.18. The van der Waals surface area contributed by atoms with Crippen molar-refractivity contribution in [1.29, 1.82) is 0 Å². The molecule has 1 atom stereocenters. The van der Waals surface area contributed by atoms with Gasteiger partial charge in [0.25, 0.3) is 10.0 Å². The maximum Gasteiger partial charge on any atom is 0.253 e. The highest BCUT2D eigenvalue weighted by Gasteiger charge is 2.24. The molecule has 1 aliphatic rings. The van der Waals surface area contributed by atoms with Gasteiger partial charge in [-0.1, -0.05) is 5.92 Å². The summed E-state index contributed by atoms with van der Waals surface area (Å²) in [7, 11) is -3.55. The lowest BCUT2D eigenvalue weighted by Crippen LogP contribution is -2.40. The van der Waals surface area contributed by atoms with Crippen molar-refractivity contribution in [1.82, 2.24) is 9.84 Å². The fraction of sp³-hybridized carbons (Fsp3) is 0.429. The van der Waals surface area contributed by atoms with Gasteiger partial charge in [-0.2, -0.15) is 12.6 Å². The number of hydrogen-bond acceptors (Lipinski definition) is 5. The Bertz CT molecular complexity index is 632. The third kappa shape index (κ3) is 4.64. The van der Waals surface area contributed by atoms with Crippen molar-refractivity contribution in [2.45, 2.75) is 23.5 Å². The number of hydrogen-bond donors (Lipinski definition) is 2. The Labute approximate surface area is 131 Å². The lowest BCUT2D eigenvalue weighted by molar-refractivity contribution is 0.301. The van der Waals surface area contributed by atoms with Crippen molar-refractivity contribution < 1.29 is 13.2 Å². The van der Waals surface area contributed by atoms with Gasteiger partial charge in [0.2, 0.25) is 0 Å². The fourth-order valence-corrected chi connectivity index (χ4v) is 3.37. The van der Waals surface area contributed by atoms with Crippen molar-refractivity contribution in [3.63, 3.8) is 0 Å². The molecule has 7 heteroatoms. The standard InChI is InChI=1S/C14H18N2O3S2/c1-2-3-10-19-12-4-6-14(7-5-12)21(17,18)15-16-9-8-13(20)11-16/h4-7,13,15,20H,8-11H2,1H3/t13-/m1/s1. The second-order valence-electron chi connectivity index (χ2n) is 4.67. The van der Waals surface area contributed by atoms with E-state index in [0.29, 0.717) is 18.8 Å². The number of nitrogens with zero attached hydrogens (tertiary/aromatic N) is 1. The molecular formula is C14H18N2O3S2. The molecule has 5 nitrogen and oxygen atoms in total. The lowest BCUT2D eigenvalue weighted by atomic mass is 10.3. The molecule has 1 N–H and O–H groups in total. The Morgan fingerprint density at radius 3 is 2.71 bits per heavy atom.